The number of benzene rings is 1. The van der Waals surface area contributed by atoms with Gasteiger partial charge in [-0.05, 0) is 18.6 Å². The van der Waals surface area contributed by atoms with Crippen molar-refractivity contribution < 1.29 is 14.1 Å². The zero-order chi connectivity index (χ0) is 12.1. The maximum Gasteiger partial charge on any atom is 0.601 e. The lowest BCUT2D eigenvalue weighted by Crippen LogP contribution is -2.42. The Morgan fingerprint density at radius 2 is 1.82 bits per heavy atom. The molecular weight excluding hydrogens is 214 g/mol. The van der Waals surface area contributed by atoms with Gasteiger partial charge in [-0.2, -0.15) is 4.79 Å². The number of carbonyl (C=O) groups is 1. The smallest absolute Gasteiger partial charge is 0.412 e. The molecular formula is C14H14NO2+. The number of pyridine rings is 1. The molecule has 0 atom stereocenters. The van der Waals surface area contributed by atoms with Gasteiger partial charge in [0, 0.05) is 11.6 Å². The van der Waals surface area contributed by atoms with Gasteiger partial charge >= 0.3 is 6.09 Å². The van der Waals surface area contributed by atoms with E-state index >= 15 is 0 Å². The molecule has 0 aliphatic carbocycles. The van der Waals surface area contributed by atoms with Crippen LogP contribution in [0.5, 0.6) is 0 Å². The zero-order valence-corrected chi connectivity index (χ0v) is 9.67. The molecule has 0 amide bonds. The van der Waals surface area contributed by atoms with E-state index in [1.807, 2.05) is 42.5 Å². The maximum atomic E-state index is 11.6. The molecule has 0 unspecified atom stereocenters. The van der Waals surface area contributed by atoms with Crippen LogP contribution in [0.25, 0.3) is 11.1 Å². The Hall–Kier alpha value is -2.16. The number of carbonyl (C=O) groups excluding carboxylic acids is 1. The molecule has 0 bridgehead atoms. The average Bonchev–Trinajstić information content (AvgIpc) is 2.40. The van der Waals surface area contributed by atoms with Gasteiger partial charge in [-0.3, -0.25) is 0 Å². The lowest BCUT2D eigenvalue weighted by Gasteiger charge is -1.99. The Morgan fingerprint density at radius 3 is 2.53 bits per heavy atom. The summed E-state index contributed by atoms with van der Waals surface area (Å²) >= 11 is 0. The van der Waals surface area contributed by atoms with E-state index < -0.39 is 0 Å². The van der Waals surface area contributed by atoms with Crippen LogP contribution in [0.15, 0.2) is 54.9 Å². The molecule has 1 aromatic heterocycles. The largest absolute Gasteiger partial charge is 0.601 e. The van der Waals surface area contributed by atoms with Crippen molar-refractivity contribution in [1.82, 2.24) is 0 Å². The van der Waals surface area contributed by atoms with E-state index in [0.717, 1.165) is 11.1 Å². The van der Waals surface area contributed by atoms with Crippen molar-refractivity contribution in [2.75, 3.05) is 6.61 Å². The highest BCUT2D eigenvalue weighted by Crippen LogP contribution is 2.15. The van der Waals surface area contributed by atoms with E-state index in [4.69, 9.17) is 4.74 Å². The van der Waals surface area contributed by atoms with Gasteiger partial charge in [0.1, 0.15) is 0 Å². The minimum atomic E-state index is -0.356. The molecule has 2 rings (SSSR count). The summed E-state index contributed by atoms with van der Waals surface area (Å²) in [5.74, 6) is 0. The van der Waals surface area contributed by atoms with Crippen LogP contribution in [-0.4, -0.2) is 12.7 Å². The minimum Gasteiger partial charge on any atom is -0.412 e. The van der Waals surface area contributed by atoms with Crippen LogP contribution in [0.1, 0.15) is 6.92 Å². The second-order valence-corrected chi connectivity index (χ2v) is 3.56. The lowest BCUT2D eigenvalue weighted by atomic mass is 10.1. The molecule has 0 aliphatic heterocycles. The topological polar surface area (TPSA) is 30.2 Å². The zero-order valence-electron chi connectivity index (χ0n) is 9.67. The Balaban J connectivity index is 2.32. The third kappa shape index (κ3) is 2.69. The lowest BCUT2D eigenvalue weighted by molar-refractivity contribution is -0.585. The van der Waals surface area contributed by atoms with Crippen molar-refractivity contribution in [3.8, 4) is 11.1 Å². The Kier molecular flexibility index (Phi) is 3.50. The molecule has 0 saturated heterocycles. The summed E-state index contributed by atoms with van der Waals surface area (Å²) in [5.41, 5.74) is 2.06. The first-order valence-electron chi connectivity index (χ1n) is 5.55. The summed E-state index contributed by atoms with van der Waals surface area (Å²) in [5, 5.41) is 0. The summed E-state index contributed by atoms with van der Waals surface area (Å²) in [6, 6.07) is 13.7. The molecule has 3 heteroatoms. The van der Waals surface area contributed by atoms with E-state index in [1.165, 1.54) is 4.57 Å². The minimum absolute atomic E-state index is 0.356. The van der Waals surface area contributed by atoms with Gasteiger partial charge in [0.15, 0.2) is 12.4 Å². The number of hydrogen-bond acceptors (Lipinski definition) is 2. The maximum absolute atomic E-state index is 11.6. The third-order valence-corrected chi connectivity index (χ3v) is 2.39. The van der Waals surface area contributed by atoms with Crippen LogP contribution in [0, 0.1) is 0 Å². The predicted molar refractivity (Wildman–Crippen MR) is 64.5 cm³/mol. The standard InChI is InChI=1S/C14H14NO2/c1-2-17-14(16)15-10-6-9-13(11-15)12-7-4-3-5-8-12/h3-11H,2H2,1H3/q+1. The SMILES string of the molecule is CCOC(=O)[n+]1cccc(-c2ccccc2)c1. The van der Waals surface area contributed by atoms with Crippen molar-refractivity contribution in [3.05, 3.63) is 54.9 Å². The monoisotopic (exact) mass is 228 g/mol. The van der Waals surface area contributed by atoms with Crippen LogP contribution in [0.2, 0.25) is 0 Å². The van der Waals surface area contributed by atoms with E-state index in [0.29, 0.717) is 6.61 Å². The normalized spacial score (nSPS) is 9.94. The molecule has 0 fully saturated rings. The summed E-state index contributed by atoms with van der Waals surface area (Å²) in [6.45, 7) is 2.17. The summed E-state index contributed by atoms with van der Waals surface area (Å²) in [4.78, 5) is 11.6. The molecule has 0 aliphatic rings. The van der Waals surface area contributed by atoms with Crippen LogP contribution in [-0.2, 0) is 4.74 Å². The predicted octanol–water partition coefficient (Wildman–Crippen LogP) is 2.65. The molecule has 2 aromatic rings. The fourth-order valence-electron chi connectivity index (χ4n) is 1.59. The number of rotatable bonds is 2. The molecule has 1 aromatic carbocycles. The Morgan fingerprint density at radius 1 is 1.12 bits per heavy atom. The van der Waals surface area contributed by atoms with E-state index in [-0.39, 0.29) is 6.09 Å². The second kappa shape index (κ2) is 5.25. The molecule has 0 saturated carbocycles. The quantitative estimate of drug-likeness (QED) is 0.740. The second-order valence-electron chi connectivity index (χ2n) is 3.56. The van der Waals surface area contributed by atoms with Crippen LogP contribution in [0.3, 0.4) is 0 Å². The summed E-state index contributed by atoms with van der Waals surface area (Å²) in [7, 11) is 0. The Labute approximate surface area is 100 Å². The van der Waals surface area contributed by atoms with Crippen molar-refractivity contribution in [2.24, 2.45) is 0 Å². The fraction of sp³-hybridized carbons (Fsp3) is 0.143. The molecule has 17 heavy (non-hydrogen) atoms. The van der Waals surface area contributed by atoms with Crippen molar-refractivity contribution in [3.63, 3.8) is 0 Å². The van der Waals surface area contributed by atoms with Gasteiger partial charge in [-0.1, -0.05) is 34.9 Å². The van der Waals surface area contributed by atoms with Crippen molar-refractivity contribution >= 4 is 6.09 Å². The first-order chi connectivity index (χ1) is 8.31. The van der Waals surface area contributed by atoms with Crippen molar-refractivity contribution in [2.45, 2.75) is 6.92 Å². The van der Waals surface area contributed by atoms with Crippen LogP contribution in [0.4, 0.5) is 4.79 Å². The van der Waals surface area contributed by atoms with Crippen molar-refractivity contribution in [1.29, 1.82) is 0 Å². The highest BCUT2D eigenvalue weighted by molar-refractivity contribution is 5.63. The highest BCUT2D eigenvalue weighted by atomic mass is 16.5. The van der Waals surface area contributed by atoms with Gasteiger partial charge in [0.25, 0.3) is 0 Å². The summed E-state index contributed by atoms with van der Waals surface area (Å²) in [6.07, 6.45) is 3.10. The molecule has 3 nitrogen and oxygen atoms in total. The van der Waals surface area contributed by atoms with Crippen LogP contribution < -0.4 is 4.57 Å². The first-order valence-corrected chi connectivity index (χ1v) is 5.55. The molecule has 86 valence electrons. The average molecular weight is 228 g/mol. The molecule has 0 N–H and O–H groups in total. The van der Waals surface area contributed by atoms with Gasteiger partial charge in [-0.25, -0.2) is 0 Å². The van der Waals surface area contributed by atoms with Gasteiger partial charge in [0.2, 0.25) is 0 Å². The Bertz CT molecular complexity index is 509. The first kappa shape index (κ1) is 11.3. The van der Waals surface area contributed by atoms with Gasteiger partial charge in [0.05, 0.1) is 6.61 Å². The highest BCUT2D eigenvalue weighted by Gasteiger charge is 2.15. The van der Waals surface area contributed by atoms with E-state index in [2.05, 4.69) is 0 Å². The summed E-state index contributed by atoms with van der Waals surface area (Å²) < 4.78 is 6.39. The van der Waals surface area contributed by atoms with Gasteiger partial charge < -0.3 is 4.74 Å². The van der Waals surface area contributed by atoms with E-state index in [9.17, 15) is 4.79 Å². The fourth-order valence-corrected chi connectivity index (χ4v) is 1.59. The number of hydrogen-bond donors (Lipinski definition) is 0. The molecule has 1 heterocycles. The molecule has 0 radical (unpaired) electrons. The van der Waals surface area contributed by atoms with E-state index in [1.54, 1.807) is 19.3 Å². The van der Waals surface area contributed by atoms with Gasteiger partial charge in [-0.15, -0.1) is 0 Å². The molecule has 0 spiro atoms. The number of nitrogens with zero attached hydrogens (tertiary/aromatic N) is 1. The number of ether oxygens (including phenoxy) is 1. The third-order valence-electron chi connectivity index (χ3n) is 2.39. The van der Waals surface area contributed by atoms with Crippen LogP contribution >= 0.6 is 0 Å². The number of aromatic nitrogens is 1.